The molecule has 0 aliphatic heterocycles. The van der Waals surface area contributed by atoms with Crippen LogP contribution in [0.25, 0.3) is 10.1 Å². The van der Waals surface area contributed by atoms with E-state index in [0.29, 0.717) is 12.1 Å². The largest absolute Gasteiger partial charge is 0.326 e. The van der Waals surface area contributed by atoms with Crippen LogP contribution in [0.4, 0.5) is 10.5 Å². The van der Waals surface area contributed by atoms with E-state index in [2.05, 4.69) is 10.6 Å². The van der Waals surface area contributed by atoms with Crippen LogP contribution >= 0.6 is 11.3 Å². The van der Waals surface area contributed by atoms with Gasteiger partial charge in [0, 0.05) is 23.4 Å². The third-order valence-electron chi connectivity index (χ3n) is 5.65. The number of benzene rings is 2. The molecule has 0 fully saturated rings. The first kappa shape index (κ1) is 20.9. The van der Waals surface area contributed by atoms with Crippen molar-refractivity contribution in [3.63, 3.8) is 0 Å². The minimum Gasteiger partial charge on any atom is -0.326 e. The van der Waals surface area contributed by atoms with Crippen molar-refractivity contribution in [2.75, 3.05) is 11.9 Å². The van der Waals surface area contributed by atoms with E-state index in [9.17, 15) is 14.9 Å². The van der Waals surface area contributed by atoms with Crippen LogP contribution in [0.3, 0.4) is 0 Å². The number of hydrogen-bond acceptors (Lipinski definition) is 4. The highest BCUT2D eigenvalue weighted by Gasteiger charge is 2.27. The number of urea groups is 1. The lowest BCUT2D eigenvalue weighted by Gasteiger charge is -2.22. The fourth-order valence-electron chi connectivity index (χ4n) is 4.05. The predicted molar refractivity (Wildman–Crippen MR) is 123 cm³/mol. The highest BCUT2D eigenvalue weighted by molar-refractivity contribution is 7.17. The van der Waals surface area contributed by atoms with Gasteiger partial charge < -0.3 is 10.6 Å². The Kier molecular flexibility index (Phi) is 6.19. The minimum absolute atomic E-state index is 0.254. The summed E-state index contributed by atoms with van der Waals surface area (Å²) in [4.78, 5) is 26.8. The molecule has 6 nitrogen and oxygen atoms in total. The molecule has 0 saturated heterocycles. The van der Waals surface area contributed by atoms with Crippen molar-refractivity contribution in [3.05, 3.63) is 64.5 Å². The number of likely N-dealkylation sites (N-methyl/N-ethyl adjacent to an activating group) is 1. The first-order valence-electron chi connectivity index (χ1n) is 10.4. The molecule has 0 radical (unpaired) electrons. The number of hydrogen-bond donors (Lipinski definition) is 2. The number of carbonyl (C=O) groups excluding carboxylic acids is 2. The van der Waals surface area contributed by atoms with Crippen LogP contribution in [0, 0.1) is 11.5 Å². The molecule has 4 rings (SSSR count). The molecule has 0 saturated carbocycles. The lowest BCUT2D eigenvalue weighted by atomic mass is 10.0. The Hall–Kier alpha value is -3.37. The Morgan fingerprint density at radius 2 is 2.00 bits per heavy atom. The molecule has 1 aliphatic rings. The molecule has 7 heteroatoms. The zero-order valence-corrected chi connectivity index (χ0v) is 18.2. The van der Waals surface area contributed by atoms with Crippen LogP contribution in [-0.4, -0.2) is 29.4 Å². The first-order valence-corrected chi connectivity index (χ1v) is 11.3. The number of nitriles is 1. The Balaban J connectivity index is 1.53. The summed E-state index contributed by atoms with van der Waals surface area (Å²) >= 11 is 1.60. The van der Waals surface area contributed by atoms with Gasteiger partial charge in [-0.1, -0.05) is 24.3 Å². The Labute approximate surface area is 185 Å². The molecule has 1 heterocycles. The second-order valence-corrected chi connectivity index (χ2v) is 8.54. The van der Waals surface area contributed by atoms with Crippen molar-refractivity contribution in [1.82, 2.24) is 10.2 Å². The summed E-state index contributed by atoms with van der Waals surface area (Å²) in [6.07, 6.45) is 5.47. The second kappa shape index (κ2) is 9.19. The predicted octanol–water partition coefficient (Wildman–Crippen LogP) is 4.45. The summed E-state index contributed by atoms with van der Waals surface area (Å²) < 4.78 is 1.12. The van der Waals surface area contributed by atoms with Gasteiger partial charge in [0.25, 0.3) is 5.91 Å². The van der Waals surface area contributed by atoms with Crippen molar-refractivity contribution in [1.29, 1.82) is 5.26 Å². The third-order valence-corrected chi connectivity index (χ3v) is 6.66. The fourth-order valence-corrected chi connectivity index (χ4v) is 5.03. The summed E-state index contributed by atoms with van der Waals surface area (Å²) in [6.45, 7) is 1.99. The lowest BCUT2D eigenvalue weighted by Crippen LogP contribution is -2.49. The molecule has 0 spiro atoms. The SMILES string of the molecule is CCN(C#N)C(=O)C(Cc1csc2ccccc12)NC(=O)Nc1ccc2c(c1)CCC2. The number of nitrogens with one attached hydrogen (secondary N) is 2. The van der Waals surface area contributed by atoms with Crippen LogP contribution in [-0.2, 0) is 24.1 Å². The molecule has 1 unspecified atom stereocenters. The highest BCUT2D eigenvalue weighted by atomic mass is 32.1. The van der Waals surface area contributed by atoms with E-state index in [1.807, 2.05) is 54.0 Å². The number of thiophene rings is 1. The molecule has 1 aromatic heterocycles. The Morgan fingerprint density at radius 1 is 1.19 bits per heavy atom. The molecule has 2 aromatic carbocycles. The highest BCUT2D eigenvalue weighted by Crippen LogP contribution is 2.27. The zero-order valence-electron chi connectivity index (χ0n) is 17.4. The minimum atomic E-state index is -0.841. The maximum absolute atomic E-state index is 13.0. The second-order valence-electron chi connectivity index (χ2n) is 7.63. The van der Waals surface area contributed by atoms with Crippen molar-refractivity contribution < 1.29 is 9.59 Å². The van der Waals surface area contributed by atoms with E-state index >= 15 is 0 Å². The zero-order chi connectivity index (χ0) is 21.8. The van der Waals surface area contributed by atoms with Gasteiger partial charge in [0.1, 0.15) is 6.04 Å². The number of aryl methyl sites for hydroxylation is 2. The van der Waals surface area contributed by atoms with E-state index in [1.165, 1.54) is 11.1 Å². The molecule has 31 heavy (non-hydrogen) atoms. The molecule has 2 N–H and O–H groups in total. The molecule has 0 bridgehead atoms. The van der Waals surface area contributed by atoms with Gasteiger partial charge in [-0.05, 0) is 71.8 Å². The van der Waals surface area contributed by atoms with Gasteiger partial charge in [0.15, 0.2) is 6.19 Å². The molecular weight excluding hydrogens is 408 g/mol. The smallest absolute Gasteiger partial charge is 0.319 e. The maximum atomic E-state index is 13.0. The molecular formula is C24H24N4O2S. The number of fused-ring (bicyclic) bond motifs is 2. The van der Waals surface area contributed by atoms with Crippen molar-refractivity contribution in [2.45, 2.75) is 38.6 Å². The Morgan fingerprint density at radius 3 is 2.81 bits per heavy atom. The van der Waals surface area contributed by atoms with Crippen LogP contribution in [0.2, 0.25) is 0 Å². The van der Waals surface area contributed by atoms with Crippen LogP contribution in [0.1, 0.15) is 30.0 Å². The average molecular weight is 433 g/mol. The van der Waals surface area contributed by atoms with Gasteiger partial charge >= 0.3 is 6.03 Å². The number of anilines is 1. The van der Waals surface area contributed by atoms with E-state index in [4.69, 9.17) is 0 Å². The fraction of sp³-hybridized carbons (Fsp3) is 0.292. The average Bonchev–Trinajstić information content (AvgIpc) is 3.41. The van der Waals surface area contributed by atoms with Crippen LogP contribution in [0.15, 0.2) is 47.8 Å². The summed E-state index contributed by atoms with van der Waals surface area (Å²) in [5.41, 5.74) is 4.27. The van der Waals surface area contributed by atoms with Crippen molar-refractivity contribution in [2.24, 2.45) is 0 Å². The van der Waals surface area contributed by atoms with Gasteiger partial charge in [-0.15, -0.1) is 11.3 Å². The quantitative estimate of drug-likeness (QED) is 0.446. The van der Waals surface area contributed by atoms with E-state index in [1.54, 1.807) is 18.3 Å². The molecule has 1 atom stereocenters. The summed E-state index contributed by atoms with van der Waals surface area (Å²) in [5.74, 6) is -0.413. The topological polar surface area (TPSA) is 85.2 Å². The van der Waals surface area contributed by atoms with E-state index < -0.39 is 18.0 Å². The van der Waals surface area contributed by atoms with Gasteiger partial charge in [-0.2, -0.15) is 5.26 Å². The Bertz CT molecular complexity index is 1160. The van der Waals surface area contributed by atoms with Crippen LogP contribution in [0.5, 0.6) is 0 Å². The monoisotopic (exact) mass is 432 g/mol. The number of nitrogens with zero attached hydrogens (tertiary/aromatic N) is 2. The molecule has 3 aromatic rings. The van der Waals surface area contributed by atoms with E-state index in [-0.39, 0.29) is 6.54 Å². The van der Waals surface area contributed by atoms with Gasteiger partial charge in [-0.3, -0.25) is 4.79 Å². The lowest BCUT2D eigenvalue weighted by molar-refractivity contribution is -0.129. The van der Waals surface area contributed by atoms with Gasteiger partial charge in [-0.25, -0.2) is 9.69 Å². The van der Waals surface area contributed by atoms with E-state index in [0.717, 1.165) is 39.8 Å². The number of amides is 3. The molecule has 3 amide bonds. The van der Waals surface area contributed by atoms with Crippen molar-refractivity contribution in [3.8, 4) is 6.19 Å². The molecule has 158 valence electrons. The number of carbonyl (C=O) groups is 2. The standard InChI is InChI=1S/C24H24N4O2S/c1-2-28(15-25)23(29)21(13-18-14-31-22-9-4-3-8-20(18)22)27-24(30)26-19-11-10-16-6-5-7-17(16)12-19/h3-4,8-12,14,21H,2,5-7,13H2,1H3,(H2,26,27,30). The van der Waals surface area contributed by atoms with Crippen molar-refractivity contribution >= 4 is 39.0 Å². The molecule has 1 aliphatic carbocycles. The summed E-state index contributed by atoms with van der Waals surface area (Å²) in [7, 11) is 0. The van der Waals surface area contributed by atoms with Crippen LogP contribution < -0.4 is 10.6 Å². The van der Waals surface area contributed by atoms with Gasteiger partial charge in [0.05, 0.1) is 0 Å². The summed E-state index contributed by atoms with van der Waals surface area (Å²) in [6, 6.07) is 12.6. The number of rotatable bonds is 6. The first-order chi connectivity index (χ1) is 15.1. The van der Waals surface area contributed by atoms with Gasteiger partial charge in [0.2, 0.25) is 0 Å². The third kappa shape index (κ3) is 4.54. The normalized spacial score (nSPS) is 13.3. The summed E-state index contributed by atoms with van der Waals surface area (Å²) in [5, 5.41) is 18.0. The maximum Gasteiger partial charge on any atom is 0.319 e.